The zero-order valence-electron chi connectivity index (χ0n) is 14.6. The van der Waals surface area contributed by atoms with Crippen LogP contribution in [-0.4, -0.2) is 66.2 Å². The Morgan fingerprint density at radius 1 is 0.920 bits per heavy atom. The molecule has 4 amide bonds. The predicted molar refractivity (Wildman–Crippen MR) is 85.5 cm³/mol. The van der Waals surface area contributed by atoms with Gasteiger partial charge in [-0.3, -0.25) is 19.2 Å². The van der Waals surface area contributed by atoms with Crippen molar-refractivity contribution in [1.82, 2.24) is 21.3 Å². The number of rotatable bonds is 8. The molecule has 0 unspecified atom stereocenters. The maximum absolute atomic E-state index is 11.8. The van der Waals surface area contributed by atoms with Gasteiger partial charge in [-0.1, -0.05) is 0 Å². The zero-order valence-corrected chi connectivity index (χ0v) is 14.6. The lowest BCUT2D eigenvalue weighted by atomic mass is 10.2. The van der Waals surface area contributed by atoms with E-state index in [9.17, 15) is 24.0 Å². The first-order valence-electron chi connectivity index (χ1n) is 7.43. The van der Waals surface area contributed by atoms with Gasteiger partial charge < -0.3 is 31.1 Å². The van der Waals surface area contributed by atoms with Crippen LogP contribution in [0.4, 0.5) is 4.79 Å². The summed E-state index contributed by atoms with van der Waals surface area (Å²) >= 11 is 0. The molecule has 1 atom stereocenters. The van der Waals surface area contributed by atoms with E-state index in [0.717, 1.165) is 0 Å². The van der Waals surface area contributed by atoms with Crippen LogP contribution >= 0.6 is 0 Å². The Morgan fingerprint density at radius 3 is 1.88 bits per heavy atom. The van der Waals surface area contributed by atoms with Crippen LogP contribution in [0.15, 0.2) is 0 Å². The fraction of sp³-hybridized carbons (Fsp3) is 0.643. The van der Waals surface area contributed by atoms with Crippen LogP contribution in [0.1, 0.15) is 27.7 Å². The Balaban J connectivity index is 4.07. The Kier molecular flexibility index (Phi) is 8.95. The quantitative estimate of drug-likeness (QED) is 0.345. The fourth-order valence-electron chi connectivity index (χ4n) is 1.35. The highest BCUT2D eigenvalue weighted by Crippen LogP contribution is 2.06. The summed E-state index contributed by atoms with van der Waals surface area (Å²) < 4.78 is 4.99. The van der Waals surface area contributed by atoms with Gasteiger partial charge in [0.2, 0.25) is 17.7 Å². The number of alkyl carbamates (subject to hydrolysis) is 1. The highest BCUT2D eigenvalue weighted by molar-refractivity contribution is 5.91. The molecule has 0 aliphatic rings. The van der Waals surface area contributed by atoms with E-state index in [2.05, 4.69) is 21.3 Å². The summed E-state index contributed by atoms with van der Waals surface area (Å²) in [6.45, 7) is 5.05. The molecule has 0 radical (unpaired) electrons. The molecule has 25 heavy (non-hydrogen) atoms. The average molecular weight is 360 g/mol. The molecule has 142 valence electrons. The van der Waals surface area contributed by atoms with E-state index in [4.69, 9.17) is 9.84 Å². The van der Waals surface area contributed by atoms with Gasteiger partial charge in [-0.05, 0) is 27.7 Å². The lowest BCUT2D eigenvalue weighted by molar-refractivity contribution is -0.137. The Bertz CT molecular complexity index is 528. The largest absolute Gasteiger partial charge is 0.480 e. The SMILES string of the molecule is C[C@H](NC(=O)OC(C)(C)C)C(=O)NCC(=O)NCC(=O)NCC(=O)O. The van der Waals surface area contributed by atoms with Gasteiger partial charge in [0.25, 0.3) is 0 Å². The highest BCUT2D eigenvalue weighted by atomic mass is 16.6. The van der Waals surface area contributed by atoms with E-state index in [1.807, 2.05) is 0 Å². The predicted octanol–water partition coefficient (Wildman–Crippen LogP) is -1.67. The molecular formula is C14H24N4O7. The lowest BCUT2D eigenvalue weighted by Crippen LogP contribution is -2.49. The number of carbonyl (C=O) groups is 5. The van der Waals surface area contributed by atoms with Crippen LogP contribution in [0.25, 0.3) is 0 Å². The fourth-order valence-corrected chi connectivity index (χ4v) is 1.35. The highest BCUT2D eigenvalue weighted by Gasteiger charge is 2.21. The van der Waals surface area contributed by atoms with Crippen molar-refractivity contribution in [2.24, 2.45) is 0 Å². The van der Waals surface area contributed by atoms with Crippen molar-refractivity contribution in [3.05, 3.63) is 0 Å². The lowest BCUT2D eigenvalue weighted by Gasteiger charge is -2.21. The van der Waals surface area contributed by atoms with Crippen molar-refractivity contribution < 1.29 is 33.8 Å². The molecule has 0 aliphatic carbocycles. The number of hydrogen-bond acceptors (Lipinski definition) is 6. The van der Waals surface area contributed by atoms with Crippen molar-refractivity contribution in [2.45, 2.75) is 39.3 Å². The normalized spacial score (nSPS) is 11.7. The second-order valence-corrected chi connectivity index (χ2v) is 6.03. The van der Waals surface area contributed by atoms with E-state index in [-0.39, 0.29) is 0 Å². The molecule has 0 saturated carbocycles. The smallest absolute Gasteiger partial charge is 0.408 e. The van der Waals surface area contributed by atoms with Gasteiger partial charge in [0.1, 0.15) is 18.2 Å². The minimum Gasteiger partial charge on any atom is -0.480 e. The summed E-state index contributed by atoms with van der Waals surface area (Å²) in [7, 11) is 0. The van der Waals surface area contributed by atoms with Gasteiger partial charge >= 0.3 is 12.1 Å². The summed E-state index contributed by atoms with van der Waals surface area (Å²) in [6, 6.07) is -0.929. The van der Waals surface area contributed by atoms with E-state index < -0.39 is 61.1 Å². The molecule has 0 aromatic carbocycles. The topological polar surface area (TPSA) is 163 Å². The molecule has 0 fully saturated rings. The van der Waals surface area contributed by atoms with Crippen LogP contribution in [0.2, 0.25) is 0 Å². The van der Waals surface area contributed by atoms with Crippen LogP contribution in [0, 0.1) is 0 Å². The van der Waals surface area contributed by atoms with E-state index in [1.165, 1.54) is 6.92 Å². The molecule has 0 aliphatic heterocycles. The number of carboxylic acid groups (broad SMARTS) is 1. The molecule has 0 bridgehead atoms. The minimum atomic E-state index is -1.21. The summed E-state index contributed by atoms with van der Waals surface area (Å²) in [4.78, 5) is 56.2. The molecule has 0 rings (SSSR count). The van der Waals surface area contributed by atoms with Gasteiger partial charge in [-0.25, -0.2) is 4.79 Å². The minimum absolute atomic E-state index is 0.411. The summed E-state index contributed by atoms with van der Waals surface area (Å²) in [5, 5.41) is 17.2. The number of amides is 4. The molecule has 0 spiro atoms. The second-order valence-electron chi connectivity index (χ2n) is 6.03. The molecule has 0 aromatic heterocycles. The maximum Gasteiger partial charge on any atom is 0.408 e. The monoisotopic (exact) mass is 360 g/mol. The van der Waals surface area contributed by atoms with Crippen molar-refractivity contribution >= 4 is 29.8 Å². The van der Waals surface area contributed by atoms with Crippen LogP contribution in [-0.2, 0) is 23.9 Å². The molecule has 5 N–H and O–H groups in total. The molecule has 11 heteroatoms. The van der Waals surface area contributed by atoms with Crippen molar-refractivity contribution in [3.8, 4) is 0 Å². The zero-order chi connectivity index (χ0) is 19.6. The first-order valence-corrected chi connectivity index (χ1v) is 7.43. The van der Waals surface area contributed by atoms with Gasteiger partial charge in [0.05, 0.1) is 13.1 Å². The number of carboxylic acids is 1. The maximum atomic E-state index is 11.8. The number of ether oxygens (including phenoxy) is 1. The van der Waals surface area contributed by atoms with Crippen LogP contribution in [0.5, 0.6) is 0 Å². The number of aliphatic carboxylic acids is 1. The number of carbonyl (C=O) groups excluding carboxylic acids is 4. The van der Waals surface area contributed by atoms with E-state index >= 15 is 0 Å². The first kappa shape index (κ1) is 22.1. The molecule has 0 saturated heterocycles. The third-order valence-electron chi connectivity index (χ3n) is 2.43. The van der Waals surface area contributed by atoms with Crippen molar-refractivity contribution in [3.63, 3.8) is 0 Å². The van der Waals surface area contributed by atoms with Gasteiger partial charge in [-0.15, -0.1) is 0 Å². The molecule has 11 nitrogen and oxygen atoms in total. The summed E-state index contributed by atoms with van der Waals surface area (Å²) in [6.07, 6.45) is -0.769. The third kappa shape index (κ3) is 12.3. The van der Waals surface area contributed by atoms with Crippen LogP contribution < -0.4 is 21.3 Å². The molecular weight excluding hydrogens is 336 g/mol. The third-order valence-corrected chi connectivity index (χ3v) is 2.43. The summed E-state index contributed by atoms with van der Waals surface area (Å²) in [5.74, 6) is -3.15. The van der Waals surface area contributed by atoms with Crippen molar-refractivity contribution in [1.29, 1.82) is 0 Å². The van der Waals surface area contributed by atoms with Gasteiger partial charge in [-0.2, -0.15) is 0 Å². The average Bonchev–Trinajstić information content (AvgIpc) is 2.46. The second kappa shape index (κ2) is 10.1. The van der Waals surface area contributed by atoms with E-state index in [1.54, 1.807) is 20.8 Å². The first-order chi connectivity index (χ1) is 11.4. The van der Waals surface area contributed by atoms with Crippen molar-refractivity contribution in [2.75, 3.05) is 19.6 Å². The van der Waals surface area contributed by atoms with Gasteiger partial charge in [0.15, 0.2) is 0 Å². The Hall–Kier alpha value is -2.85. The van der Waals surface area contributed by atoms with E-state index in [0.29, 0.717) is 0 Å². The molecule has 0 aromatic rings. The Morgan fingerprint density at radius 2 is 1.40 bits per heavy atom. The number of hydrogen-bond donors (Lipinski definition) is 5. The summed E-state index contributed by atoms with van der Waals surface area (Å²) in [5.41, 5.74) is -0.707. The van der Waals surface area contributed by atoms with Crippen LogP contribution in [0.3, 0.4) is 0 Å². The molecule has 0 heterocycles. The van der Waals surface area contributed by atoms with Gasteiger partial charge in [0, 0.05) is 0 Å². The Labute approximate surface area is 144 Å². The standard InChI is InChI=1S/C14H24N4O7/c1-8(18-13(24)25-14(2,3)4)12(23)17-6-10(20)15-5-9(19)16-7-11(21)22/h8H,5-7H2,1-4H3,(H,15,20)(H,16,19)(H,17,23)(H,18,24)(H,21,22)/t8-/m0/s1. The number of nitrogens with one attached hydrogen (secondary N) is 4.